The van der Waals surface area contributed by atoms with Crippen molar-refractivity contribution in [2.24, 2.45) is 11.8 Å². The van der Waals surface area contributed by atoms with Crippen LogP contribution in [0.15, 0.2) is 24.3 Å². The Bertz CT molecular complexity index is 373. The molecule has 0 saturated heterocycles. The van der Waals surface area contributed by atoms with Crippen LogP contribution in [0.5, 0.6) is 0 Å². The van der Waals surface area contributed by atoms with Crippen molar-refractivity contribution in [1.82, 2.24) is 5.32 Å². The highest BCUT2D eigenvalue weighted by Crippen LogP contribution is 2.30. The maximum atomic E-state index is 12.9. The van der Waals surface area contributed by atoms with E-state index >= 15 is 0 Å². The molecule has 2 heteroatoms. The smallest absolute Gasteiger partial charge is 0.123 e. The second kappa shape index (κ2) is 5.83. The lowest BCUT2D eigenvalue weighted by molar-refractivity contribution is 0.216. The summed E-state index contributed by atoms with van der Waals surface area (Å²) in [5.41, 5.74) is 1.17. The Morgan fingerprint density at radius 1 is 1.17 bits per heavy atom. The molecular formula is C16H24FN. The Morgan fingerprint density at radius 2 is 1.83 bits per heavy atom. The highest BCUT2D eigenvalue weighted by Gasteiger charge is 2.26. The quantitative estimate of drug-likeness (QED) is 0.842. The molecule has 1 aromatic carbocycles. The summed E-state index contributed by atoms with van der Waals surface area (Å²) < 4.78 is 12.9. The molecule has 4 unspecified atom stereocenters. The predicted octanol–water partition coefficient (Wildman–Crippen LogP) is 4.30. The molecule has 1 fully saturated rings. The van der Waals surface area contributed by atoms with E-state index in [1.807, 2.05) is 12.1 Å². The van der Waals surface area contributed by atoms with Crippen molar-refractivity contribution >= 4 is 0 Å². The van der Waals surface area contributed by atoms with Crippen LogP contribution in [-0.4, -0.2) is 6.04 Å². The summed E-state index contributed by atoms with van der Waals surface area (Å²) >= 11 is 0. The number of rotatable bonds is 3. The maximum Gasteiger partial charge on any atom is 0.123 e. The highest BCUT2D eigenvalue weighted by molar-refractivity contribution is 5.19. The van der Waals surface area contributed by atoms with Crippen LogP contribution in [0.25, 0.3) is 0 Å². The van der Waals surface area contributed by atoms with E-state index in [9.17, 15) is 4.39 Å². The molecule has 1 aromatic rings. The second-order valence-corrected chi connectivity index (χ2v) is 5.94. The van der Waals surface area contributed by atoms with E-state index in [4.69, 9.17) is 0 Å². The Labute approximate surface area is 110 Å². The fourth-order valence-corrected chi connectivity index (χ4v) is 3.08. The van der Waals surface area contributed by atoms with Gasteiger partial charge in [0.2, 0.25) is 0 Å². The summed E-state index contributed by atoms with van der Waals surface area (Å²) in [5.74, 6) is 1.43. The van der Waals surface area contributed by atoms with E-state index in [1.54, 1.807) is 12.1 Å². The van der Waals surface area contributed by atoms with E-state index in [0.717, 1.165) is 11.8 Å². The van der Waals surface area contributed by atoms with Gasteiger partial charge in [-0.1, -0.05) is 26.0 Å². The van der Waals surface area contributed by atoms with Crippen molar-refractivity contribution in [2.45, 2.75) is 52.1 Å². The Morgan fingerprint density at radius 3 is 2.44 bits per heavy atom. The molecule has 1 saturated carbocycles. The minimum absolute atomic E-state index is 0.161. The normalized spacial score (nSPS) is 30.1. The average molecular weight is 249 g/mol. The van der Waals surface area contributed by atoms with Crippen molar-refractivity contribution in [2.75, 3.05) is 0 Å². The molecular weight excluding hydrogens is 225 g/mol. The molecule has 1 aliphatic rings. The lowest BCUT2D eigenvalue weighted by Crippen LogP contribution is -2.40. The van der Waals surface area contributed by atoms with Gasteiger partial charge >= 0.3 is 0 Å². The number of hydrogen-bond donors (Lipinski definition) is 1. The first kappa shape index (κ1) is 13.5. The lowest BCUT2D eigenvalue weighted by Gasteiger charge is -2.35. The molecule has 0 aliphatic heterocycles. The molecule has 1 aliphatic carbocycles. The van der Waals surface area contributed by atoms with Crippen molar-refractivity contribution in [3.63, 3.8) is 0 Å². The molecule has 0 aromatic heterocycles. The van der Waals surface area contributed by atoms with Crippen LogP contribution in [0.2, 0.25) is 0 Å². The van der Waals surface area contributed by atoms with E-state index < -0.39 is 0 Å². The van der Waals surface area contributed by atoms with Gasteiger partial charge in [0.25, 0.3) is 0 Å². The topological polar surface area (TPSA) is 12.0 Å². The fraction of sp³-hybridized carbons (Fsp3) is 0.625. The molecule has 1 nitrogen and oxygen atoms in total. The van der Waals surface area contributed by atoms with E-state index in [1.165, 1.54) is 24.8 Å². The number of benzene rings is 1. The zero-order chi connectivity index (χ0) is 13.1. The summed E-state index contributed by atoms with van der Waals surface area (Å²) in [5, 5.41) is 3.70. The standard InChI is InChI=1S/C16H24FN/c1-11-4-9-16(12(2)10-11)18-13(3)14-5-7-15(17)8-6-14/h5-8,11-13,16,18H,4,9-10H2,1-3H3. The van der Waals surface area contributed by atoms with Crippen molar-refractivity contribution < 1.29 is 4.39 Å². The minimum atomic E-state index is -0.161. The van der Waals surface area contributed by atoms with Gasteiger partial charge in [-0.2, -0.15) is 0 Å². The number of nitrogens with one attached hydrogen (secondary N) is 1. The molecule has 1 N–H and O–H groups in total. The first-order chi connectivity index (χ1) is 8.56. The van der Waals surface area contributed by atoms with Gasteiger partial charge in [0, 0.05) is 12.1 Å². The first-order valence-corrected chi connectivity index (χ1v) is 7.07. The van der Waals surface area contributed by atoms with E-state index in [0.29, 0.717) is 12.1 Å². The Hall–Kier alpha value is -0.890. The van der Waals surface area contributed by atoms with Crippen LogP contribution in [0, 0.1) is 17.7 Å². The molecule has 0 spiro atoms. The maximum absolute atomic E-state index is 12.9. The van der Waals surface area contributed by atoms with Gasteiger partial charge in [-0.15, -0.1) is 0 Å². The minimum Gasteiger partial charge on any atom is -0.307 e. The summed E-state index contributed by atoms with van der Waals surface area (Å²) in [6.07, 6.45) is 3.89. The van der Waals surface area contributed by atoms with Gasteiger partial charge in [0.15, 0.2) is 0 Å². The third-order valence-corrected chi connectivity index (χ3v) is 4.27. The largest absolute Gasteiger partial charge is 0.307 e. The molecule has 2 rings (SSSR count). The van der Waals surface area contributed by atoms with Crippen LogP contribution in [0.4, 0.5) is 4.39 Å². The van der Waals surface area contributed by atoms with Gasteiger partial charge in [0.1, 0.15) is 5.82 Å². The van der Waals surface area contributed by atoms with Gasteiger partial charge < -0.3 is 5.32 Å². The zero-order valence-corrected chi connectivity index (χ0v) is 11.6. The van der Waals surface area contributed by atoms with Crippen molar-refractivity contribution in [3.05, 3.63) is 35.6 Å². The van der Waals surface area contributed by atoms with E-state index in [-0.39, 0.29) is 5.82 Å². The highest BCUT2D eigenvalue weighted by atomic mass is 19.1. The van der Waals surface area contributed by atoms with E-state index in [2.05, 4.69) is 26.1 Å². The molecule has 0 amide bonds. The van der Waals surface area contributed by atoms with Gasteiger partial charge in [-0.05, 0) is 55.7 Å². The van der Waals surface area contributed by atoms with Crippen LogP contribution in [0.1, 0.15) is 51.6 Å². The Kier molecular flexibility index (Phi) is 4.39. The monoisotopic (exact) mass is 249 g/mol. The third-order valence-electron chi connectivity index (χ3n) is 4.27. The van der Waals surface area contributed by atoms with Crippen LogP contribution < -0.4 is 5.32 Å². The van der Waals surface area contributed by atoms with Crippen molar-refractivity contribution in [3.8, 4) is 0 Å². The summed E-state index contributed by atoms with van der Waals surface area (Å²) in [6, 6.07) is 7.74. The molecule has 0 heterocycles. The molecule has 0 bridgehead atoms. The molecule has 4 atom stereocenters. The number of halogens is 1. The van der Waals surface area contributed by atoms with Gasteiger partial charge in [0.05, 0.1) is 0 Å². The fourth-order valence-electron chi connectivity index (χ4n) is 3.08. The van der Waals surface area contributed by atoms with Crippen LogP contribution in [-0.2, 0) is 0 Å². The third kappa shape index (κ3) is 3.32. The summed E-state index contributed by atoms with van der Waals surface area (Å²) in [7, 11) is 0. The predicted molar refractivity (Wildman–Crippen MR) is 73.9 cm³/mol. The van der Waals surface area contributed by atoms with Crippen LogP contribution >= 0.6 is 0 Å². The van der Waals surface area contributed by atoms with Crippen molar-refractivity contribution in [1.29, 1.82) is 0 Å². The summed E-state index contributed by atoms with van der Waals surface area (Å²) in [4.78, 5) is 0. The average Bonchev–Trinajstić information content (AvgIpc) is 2.33. The summed E-state index contributed by atoms with van der Waals surface area (Å²) in [6.45, 7) is 6.85. The molecule has 100 valence electrons. The zero-order valence-electron chi connectivity index (χ0n) is 11.6. The SMILES string of the molecule is CC1CCC(NC(C)c2ccc(F)cc2)C(C)C1. The number of hydrogen-bond acceptors (Lipinski definition) is 1. The van der Waals surface area contributed by atoms with Crippen LogP contribution in [0.3, 0.4) is 0 Å². The van der Waals surface area contributed by atoms with Gasteiger partial charge in [-0.25, -0.2) is 4.39 Å². The second-order valence-electron chi connectivity index (χ2n) is 5.94. The first-order valence-electron chi connectivity index (χ1n) is 7.07. The lowest BCUT2D eigenvalue weighted by atomic mass is 9.79. The van der Waals surface area contributed by atoms with Gasteiger partial charge in [-0.3, -0.25) is 0 Å². The molecule has 0 radical (unpaired) electrons. The molecule has 18 heavy (non-hydrogen) atoms. The Balaban J connectivity index is 1.94.